The van der Waals surface area contributed by atoms with Gasteiger partial charge in [-0.3, -0.25) is 9.48 Å². The number of amides is 1. The van der Waals surface area contributed by atoms with Gasteiger partial charge in [-0.25, -0.2) is 9.37 Å². The van der Waals surface area contributed by atoms with Crippen molar-refractivity contribution >= 4 is 39.1 Å². The third-order valence-corrected chi connectivity index (χ3v) is 7.57. The molecule has 2 atom stereocenters. The number of aromatic nitrogens is 4. The molecule has 0 aliphatic carbocycles. The van der Waals surface area contributed by atoms with Crippen molar-refractivity contribution in [3.63, 3.8) is 0 Å². The first-order chi connectivity index (χ1) is 20.2. The van der Waals surface area contributed by atoms with Gasteiger partial charge in [0.25, 0.3) is 5.91 Å². The molecule has 2 aliphatic rings. The van der Waals surface area contributed by atoms with E-state index in [1.54, 1.807) is 31.6 Å². The quantitative estimate of drug-likeness (QED) is 0.286. The number of nitrogens with one attached hydrogen (secondary N) is 2. The summed E-state index contributed by atoms with van der Waals surface area (Å²) in [6, 6.07) is 7.34. The van der Waals surface area contributed by atoms with Gasteiger partial charge in [-0.2, -0.15) is 20.3 Å². The molecule has 0 spiro atoms. The number of anilines is 2. The molecule has 0 saturated carbocycles. The van der Waals surface area contributed by atoms with Gasteiger partial charge in [0.1, 0.15) is 5.52 Å². The first-order valence-electron chi connectivity index (χ1n) is 14.0. The van der Waals surface area contributed by atoms with Gasteiger partial charge in [-0.15, -0.1) is 12.3 Å². The van der Waals surface area contributed by atoms with Gasteiger partial charge < -0.3 is 20.3 Å². The highest BCUT2D eigenvalue weighted by atomic mass is 19.1. The molecule has 1 saturated heterocycles. The number of piperazine rings is 1. The summed E-state index contributed by atoms with van der Waals surface area (Å²) in [5, 5.41) is 20.1. The number of rotatable bonds is 9. The number of aryl methyl sites for hydroxylation is 1. The first kappa shape index (κ1) is 27.5. The normalized spacial score (nSPS) is 19.2. The van der Waals surface area contributed by atoms with Gasteiger partial charge in [0.05, 0.1) is 17.7 Å². The molecule has 42 heavy (non-hydrogen) atoms. The molecular weight excluding hydrogens is 537 g/mol. The van der Waals surface area contributed by atoms with E-state index in [-0.39, 0.29) is 23.6 Å². The fourth-order valence-corrected chi connectivity index (χ4v) is 5.60. The average Bonchev–Trinajstić information content (AvgIpc) is 3.61. The van der Waals surface area contributed by atoms with Gasteiger partial charge in [-0.1, -0.05) is 0 Å². The van der Waals surface area contributed by atoms with Crippen molar-refractivity contribution in [2.75, 3.05) is 29.9 Å². The second-order valence-corrected chi connectivity index (χ2v) is 11.1. The summed E-state index contributed by atoms with van der Waals surface area (Å²) in [5.41, 5.74) is 1.77. The Bertz CT molecular complexity index is 1730. The van der Waals surface area contributed by atoms with Crippen LogP contribution in [0.4, 0.5) is 15.8 Å². The second kappa shape index (κ2) is 11.0. The van der Waals surface area contributed by atoms with Crippen LogP contribution in [0.15, 0.2) is 46.9 Å². The van der Waals surface area contributed by atoms with Crippen LogP contribution in [0, 0.1) is 18.2 Å². The van der Waals surface area contributed by atoms with E-state index >= 15 is 0 Å². The van der Waals surface area contributed by atoms with Crippen LogP contribution in [0.25, 0.3) is 21.8 Å². The van der Waals surface area contributed by atoms with Gasteiger partial charge in [-0.05, 0) is 38.1 Å². The van der Waals surface area contributed by atoms with E-state index in [0.29, 0.717) is 48.0 Å². The summed E-state index contributed by atoms with van der Waals surface area (Å²) >= 11 is 0. The van der Waals surface area contributed by atoms with Crippen LogP contribution in [0.2, 0.25) is 0 Å². The number of halogens is 1. The summed E-state index contributed by atoms with van der Waals surface area (Å²) in [6.45, 7) is 6.16. The molecule has 1 fully saturated rings. The van der Waals surface area contributed by atoms with E-state index in [9.17, 15) is 9.18 Å². The maximum Gasteiger partial charge on any atom is 0.316 e. The van der Waals surface area contributed by atoms with Crippen molar-refractivity contribution in [3.05, 3.63) is 48.0 Å². The van der Waals surface area contributed by atoms with Crippen LogP contribution in [0.3, 0.4) is 0 Å². The molecule has 2 aromatic carbocycles. The SMILES string of the molecule is C#CCCC1(CCOc2ncc3c(N4C[C@@H](C)N[C@@H](C)C4)ccc(C(=O)Nc4cc(F)c5nn(C)cc5c4)c3n2)N=N1. The number of hydrogen-bond donors (Lipinski definition) is 2. The van der Waals surface area contributed by atoms with E-state index in [2.05, 4.69) is 60.6 Å². The predicted molar refractivity (Wildman–Crippen MR) is 158 cm³/mol. The highest BCUT2D eigenvalue weighted by Crippen LogP contribution is 2.37. The topological polar surface area (TPSA) is 122 Å². The third kappa shape index (κ3) is 5.60. The molecule has 12 heteroatoms. The number of nitrogens with zero attached hydrogens (tertiary/aromatic N) is 7. The predicted octanol–water partition coefficient (Wildman–Crippen LogP) is 4.44. The van der Waals surface area contributed by atoms with Crippen molar-refractivity contribution in [1.82, 2.24) is 25.1 Å². The van der Waals surface area contributed by atoms with Gasteiger partial charge in [0.15, 0.2) is 11.5 Å². The minimum absolute atomic E-state index is 0.145. The Morgan fingerprint density at radius 3 is 2.74 bits per heavy atom. The van der Waals surface area contributed by atoms with E-state index in [1.165, 1.54) is 10.7 Å². The third-order valence-electron chi connectivity index (χ3n) is 7.57. The standard InChI is InChI=1S/C30H32FN9O2/c1-5-6-9-30(37-38-30)10-11-42-29-32-14-23-25(40-15-18(2)33-19(3)16-40)8-7-22(27(23)35-29)28(41)34-21-12-20-17-39(4)36-26(20)24(31)13-21/h1,7-8,12-14,17-19,33H,6,9-11,15-16H2,2-4H3,(H,34,41)/t18-,19+. The molecule has 2 aromatic heterocycles. The number of terminal acetylenes is 1. The van der Waals surface area contributed by atoms with Crippen LogP contribution >= 0.6 is 0 Å². The van der Waals surface area contributed by atoms with Crippen molar-refractivity contribution in [2.24, 2.45) is 17.3 Å². The average molecular weight is 570 g/mol. The monoisotopic (exact) mass is 569 g/mol. The summed E-state index contributed by atoms with van der Waals surface area (Å²) in [5.74, 6) is 1.68. The van der Waals surface area contributed by atoms with Gasteiger partial charge >= 0.3 is 6.01 Å². The molecule has 4 heterocycles. The molecule has 1 amide bonds. The van der Waals surface area contributed by atoms with Crippen LogP contribution in [-0.4, -0.2) is 63.1 Å². The van der Waals surface area contributed by atoms with Gasteiger partial charge in [0.2, 0.25) is 0 Å². The number of fused-ring (bicyclic) bond motifs is 2. The minimum atomic E-state index is -0.516. The molecule has 2 N–H and O–H groups in total. The Morgan fingerprint density at radius 2 is 2.00 bits per heavy atom. The Kier molecular flexibility index (Phi) is 7.20. The largest absolute Gasteiger partial charge is 0.463 e. The van der Waals surface area contributed by atoms with Crippen LogP contribution < -0.4 is 20.3 Å². The molecule has 2 aliphatic heterocycles. The molecule has 0 bridgehead atoms. The molecule has 0 radical (unpaired) electrons. The van der Waals surface area contributed by atoms with Crippen molar-refractivity contribution < 1.29 is 13.9 Å². The Hall–Kier alpha value is -4.63. The number of ether oxygens (including phenoxy) is 1. The highest BCUT2D eigenvalue weighted by molar-refractivity contribution is 6.14. The highest BCUT2D eigenvalue weighted by Gasteiger charge is 2.39. The maximum atomic E-state index is 14.7. The Balaban J connectivity index is 1.31. The van der Waals surface area contributed by atoms with Gasteiger partial charge in [0, 0.05) is 86.0 Å². The minimum Gasteiger partial charge on any atom is -0.463 e. The summed E-state index contributed by atoms with van der Waals surface area (Å²) in [4.78, 5) is 25.1. The number of benzene rings is 2. The lowest BCUT2D eigenvalue weighted by atomic mass is 10.0. The lowest BCUT2D eigenvalue weighted by Crippen LogP contribution is -2.54. The van der Waals surface area contributed by atoms with Crippen molar-refractivity contribution in [2.45, 2.75) is 50.9 Å². The smallest absolute Gasteiger partial charge is 0.316 e. The van der Waals surface area contributed by atoms with Crippen molar-refractivity contribution in [1.29, 1.82) is 0 Å². The fourth-order valence-electron chi connectivity index (χ4n) is 5.60. The van der Waals surface area contributed by atoms with E-state index < -0.39 is 17.4 Å². The van der Waals surface area contributed by atoms with E-state index in [0.717, 1.165) is 24.2 Å². The zero-order valence-corrected chi connectivity index (χ0v) is 23.8. The van der Waals surface area contributed by atoms with Crippen LogP contribution in [0.1, 0.15) is 43.5 Å². The van der Waals surface area contributed by atoms with E-state index in [1.807, 2.05) is 6.07 Å². The molecule has 11 nitrogen and oxygen atoms in total. The lowest BCUT2D eigenvalue weighted by molar-refractivity contribution is 0.102. The zero-order chi connectivity index (χ0) is 29.4. The number of hydrogen-bond acceptors (Lipinski definition) is 9. The second-order valence-electron chi connectivity index (χ2n) is 11.1. The summed E-state index contributed by atoms with van der Waals surface area (Å²) < 4.78 is 22.2. The van der Waals surface area contributed by atoms with Crippen LogP contribution in [0.5, 0.6) is 6.01 Å². The lowest BCUT2D eigenvalue weighted by Gasteiger charge is -2.38. The maximum absolute atomic E-state index is 14.7. The Labute approximate surface area is 242 Å². The number of carbonyl (C=O) groups excluding carboxylic acids is 1. The summed E-state index contributed by atoms with van der Waals surface area (Å²) in [7, 11) is 1.72. The molecule has 6 rings (SSSR count). The fraction of sp³-hybridized carbons (Fsp3) is 0.400. The number of carbonyl (C=O) groups is 1. The molecule has 216 valence electrons. The van der Waals surface area contributed by atoms with Crippen molar-refractivity contribution in [3.8, 4) is 18.4 Å². The summed E-state index contributed by atoms with van der Waals surface area (Å²) in [6.07, 6.45) is 10.6. The zero-order valence-electron chi connectivity index (χ0n) is 23.8. The van der Waals surface area contributed by atoms with E-state index in [4.69, 9.17) is 11.2 Å². The molecular formula is C30H32FN9O2. The molecule has 0 unspecified atom stereocenters. The molecule has 4 aromatic rings. The van der Waals surface area contributed by atoms with Crippen LogP contribution in [-0.2, 0) is 7.05 Å². The Morgan fingerprint density at radius 1 is 1.21 bits per heavy atom. The first-order valence-corrected chi connectivity index (χ1v) is 14.0.